The van der Waals surface area contributed by atoms with Crippen molar-refractivity contribution < 1.29 is 9.63 Å². The molecule has 7 nitrogen and oxygen atoms in total. The molecule has 0 aliphatic rings. The molecule has 3 N–H and O–H groups in total. The van der Waals surface area contributed by atoms with E-state index in [9.17, 15) is 5.11 Å². The summed E-state index contributed by atoms with van der Waals surface area (Å²) in [5.74, 6) is 0.415. The van der Waals surface area contributed by atoms with E-state index < -0.39 is 0 Å². The second kappa shape index (κ2) is 4.37. The van der Waals surface area contributed by atoms with E-state index in [1.165, 1.54) is 6.33 Å². The molecule has 0 atom stereocenters. The molecule has 94 valence electrons. The number of aromatic nitrogens is 4. The molecule has 0 aliphatic heterocycles. The Bertz CT molecular complexity index is 711. The van der Waals surface area contributed by atoms with Crippen molar-refractivity contribution in [3.63, 3.8) is 0 Å². The summed E-state index contributed by atoms with van der Waals surface area (Å²) in [7, 11) is 0. The fourth-order valence-corrected chi connectivity index (χ4v) is 1.59. The molecule has 2 heterocycles. The Balaban J connectivity index is 2.05. The maximum atomic E-state index is 9.85. The molecule has 0 saturated heterocycles. The molecule has 2 aromatic heterocycles. The van der Waals surface area contributed by atoms with E-state index in [0.29, 0.717) is 17.1 Å². The summed E-state index contributed by atoms with van der Waals surface area (Å²) in [6, 6.07) is 6.58. The number of phenolic OH excluding ortho intramolecular Hbond substituents is 1. The van der Waals surface area contributed by atoms with Crippen molar-refractivity contribution in [2.75, 3.05) is 5.73 Å². The predicted molar refractivity (Wildman–Crippen MR) is 66.8 cm³/mol. The number of phenols is 1. The summed E-state index contributed by atoms with van der Waals surface area (Å²) in [6.07, 6.45) is 2.97. The van der Waals surface area contributed by atoms with Gasteiger partial charge in [-0.15, -0.1) is 0 Å². The first-order valence-corrected chi connectivity index (χ1v) is 5.43. The van der Waals surface area contributed by atoms with Gasteiger partial charge in [0.1, 0.15) is 12.0 Å². The lowest BCUT2D eigenvalue weighted by Crippen LogP contribution is -1.88. The van der Waals surface area contributed by atoms with Crippen LogP contribution in [0.2, 0.25) is 0 Å². The molecule has 0 bridgehead atoms. The zero-order valence-electron chi connectivity index (χ0n) is 9.69. The fraction of sp³-hybridized carbons (Fsp3) is 0. The number of rotatable bonds is 2. The van der Waals surface area contributed by atoms with Crippen molar-refractivity contribution in [1.29, 1.82) is 0 Å². The quantitative estimate of drug-likeness (QED) is 0.527. The molecule has 3 aromatic rings. The van der Waals surface area contributed by atoms with Gasteiger partial charge in [0.2, 0.25) is 5.82 Å². The Hall–Kier alpha value is -2.96. The molecule has 0 aliphatic carbocycles. The number of nitrogens with zero attached hydrogens (tertiary/aromatic N) is 4. The van der Waals surface area contributed by atoms with Gasteiger partial charge in [-0.05, 0) is 18.2 Å². The topological polar surface area (TPSA) is 111 Å². The van der Waals surface area contributed by atoms with E-state index in [1.54, 1.807) is 30.5 Å². The van der Waals surface area contributed by atoms with E-state index in [-0.39, 0.29) is 17.3 Å². The van der Waals surface area contributed by atoms with Gasteiger partial charge in [0.05, 0.1) is 11.3 Å². The van der Waals surface area contributed by atoms with E-state index in [4.69, 9.17) is 10.3 Å². The predicted octanol–water partition coefficient (Wildman–Crippen LogP) is 1.48. The van der Waals surface area contributed by atoms with Crippen LogP contribution in [0.4, 0.5) is 5.69 Å². The van der Waals surface area contributed by atoms with E-state index in [0.717, 1.165) is 0 Å². The maximum absolute atomic E-state index is 9.85. The van der Waals surface area contributed by atoms with Gasteiger partial charge in [-0.1, -0.05) is 11.2 Å². The molecule has 0 fully saturated rings. The SMILES string of the molecule is Nc1cccc(-c2nc(-c3ccncn3)no2)c1O. The Kier molecular flexibility index (Phi) is 2.57. The highest BCUT2D eigenvalue weighted by Crippen LogP contribution is 2.33. The monoisotopic (exact) mass is 255 g/mol. The van der Waals surface area contributed by atoms with Crippen LogP contribution in [-0.4, -0.2) is 25.2 Å². The summed E-state index contributed by atoms with van der Waals surface area (Å²) in [5.41, 5.74) is 6.78. The van der Waals surface area contributed by atoms with Gasteiger partial charge in [0.25, 0.3) is 5.89 Å². The number of hydrogen-bond acceptors (Lipinski definition) is 7. The molecule has 19 heavy (non-hydrogen) atoms. The van der Waals surface area contributed by atoms with Crippen LogP contribution < -0.4 is 5.73 Å². The van der Waals surface area contributed by atoms with Crippen LogP contribution in [0.5, 0.6) is 5.75 Å². The molecule has 0 spiro atoms. The van der Waals surface area contributed by atoms with Crippen LogP contribution in [0.3, 0.4) is 0 Å². The largest absolute Gasteiger partial charge is 0.505 e. The molecule has 7 heteroatoms. The van der Waals surface area contributed by atoms with Crippen LogP contribution in [0, 0.1) is 0 Å². The molecule has 0 saturated carbocycles. The lowest BCUT2D eigenvalue weighted by atomic mass is 10.2. The Morgan fingerprint density at radius 2 is 2.11 bits per heavy atom. The van der Waals surface area contributed by atoms with Crippen molar-refractivity contribution >= 4 is 5.69 Å². The fourth-order valence-electron chi connectivity index (χ4n) is 1.59. The van der Waals surface area contributed by atoms with Gasteiger partial charge in [-0.25, -0.2) is 9.97 Å². The number of hydrogen-bond donors (Lipinski definition) is 2. The van der Waals surface area contributed by atoms with Gasteiger partial charge in [0, 0.05) is 6.20 Å². The van der Waals surface area contributed by atoms with Gasteiger partial charge in [-0.3, -0.25) is 0 Å². The minimum atomic E-state index is -0.0830. The zero-order valence-corrected chi connectivity index (χ0v) is 9.69. The highest BCUT2D eigenvalue weighted by atomic mass is 16.5. The highest BCUT2D eigenvalue weighted by Gasteiger charge is 2.15. The summed E-state index contributed by atoms with van der Waals surface area (Å²) >= 11 is 0. The third-order valence-electron chi connectivity index (χ3n) is 2.53. The zero-order chi connectivity index (χ0) is 13.2. The molecule has 0 amide bonds. The third kappa shape index (κ3) is 1.97. The molecule has 0 radical (unpaired) electrons. The number of anilines is 1. The average Bonchev–Trinajstić information content (AvgIpc) is 2.92. The molecular weight excluding hydrogens is 246 g/mol. The van der Waals surface area contributed by atoms with Gasteiger partial charge >= 0.3 is 0 Å². The van der Waals surface area contributed by atoms with Crippen LogP contribution in [0.25, 0.3) is 23.0 Å². The number of nitrogen functional groups attached to an aromatic ring is 1. The van der Waals surface area contributed by atoms with Crippen molar-refractivity contribution in [1.82, 2.24) is 20.1 Å². The lowest BCUT2D eigenvalue weighted by Gasteiger charge is -2.01. The standard InChI is InChI=1S/C12H9N5O2/c13-8-3-1-2-7(10(8)18)12-16-11(17-19-12)9-4-5-14-6-15-9/h1-6,18H,13H2. The molecule has 0 unspecified atom stereocenters. The Labute approximate surface area is 107 Å². The van der Waals surface area contributed by atoms with Crippen molar-refractivity contribution in [2.45, 2.75) is 0 Å². The highest BCUT2D eigenvalue weighted by molar-refractivity contribution is 5.72. The maximum Gasteiger partial charge on any atom is 0.262 e. The van der Waals surface area contributed by atoms with Crippen LogP contribution in [0.15, 0.2) is 41.3 Å². The van der Waals surface area contributed by atoms with Gasteiger partial charge in [0.15, 0.2) is 5.75 Å². The first kappa shape index (κ1) is 11.1. The van der Waals surface area contributed by atoms with Crippen molar-refractivity contribution in [3.8, 4) is 28.7 Å². The number of nitrogens with two attached hydrogens (primary N) is 1. The summed E-state index contributed by atoms with van der Waals surface area (Å²) in [5, 5.41) is 13.7. The van der Waals surface area contributed by atoms with Crippen LogP contribution >= 0.6 is 0 Å². The lowest BCUT2D eigenvalue weighted by molar-refractivity contribution is 0.426. The first-order valence-electron chi connectivity index (χ1n) is 5.43. The summed E-state index contributed by atoms with van der Waals surface area (Å²) in [6.45, 7) is 0. The number of para-hydroxylation sites is 1. The summed E-state index contributed by atoms with van der Waals surface area (Å²) < 4.78 is 5.10. The second-order valence-corrected chi connectivity index (χ2v) is 3.76. The van der Waals surface area contributed by atoms with Crippen molar-refractivity contribution in [2.24, 2.45) is 0 Å². The van der Waals surface area contributed by atoms with Crippen LogP contribution in [0.1, 0.15) is 0 Å². The second-order valence-electron chi connectivity index (χ2n) is 3.76. The number of benzene rings is 1. The van der Waals surface area contributed by atoms with E-state index in [2.05, 4.69) is 20.1 Å². The van der Waals surface area contributed by atoms with E-state index >= 15 is 0 Å². The normalized spacial score (nSPS) is 10.5. The van der Waals surface area contributed by atoms with Gasteiger partial charge < -0.3 is 15.4 Å². The van der Waals surface area contributed by atoms with Crippen molar-refractivity contribution in [3.05, 3.63) is 36.8 Å². The van der Waals surface area contributed by atoms with Gasteiger partial charge in [-0.2, -0.15) is 4.98 Å². The average molecular weight is 255 g/mol. The third-order valence-corrected chi connectivity index (χ3v) is 2.53. The number of aromatic hydroxyl groups is 1. The Morgan fingerprint density at radius 3 is 2.89 bits per heavy atom. The minimum absolute atomic E-state index is 0.0830. The molecular formula is C12H9N5O2. The smallest absolute Gasteiger partial charge is 0.262 e. The van der Waals surface area contributed by atoms with E-state index in [1.807, 2.05) is 0 Å². The summed E-state index contributed by atoms with van der Waals surface area (Å²) in [4.78, 5) is 12.0. The minimum Gasteiger partial charge on any atom is -0.505 e. The first-order chi connectivity index (χ1) is 9.25. The van der Waals surface area contributed by atoms with Crippen LogP contribution in [-0.2, 0) is 0 Å². The molecule has 3 rings (SSSR count). The molecule has 1 aromatic carbocycles. The Morgan fingerprint density at radius 1 is 1.21 bits per heavy atom.